The first-order valence-corrected chi connectivity index (χ1v) is 13.4. The molecule has 0 aliphatic rings. The molecule has 2 atom stereocenters. The van der Waals surface area contributed by atoms with Crippen molar-refractivity contribution < 1.29 is 42.6 Å². The Morgan fingerprint density at radius 2 is 1.18 bits per heavy atom. The maximum Gasteiger partial charge on any atom is 0.175 e. The molecule has 0 bridgehead atoms. The molecule has 222 valence electrons. The number of anilines is 2. The Kier molecular flexibility index (Phi) is 20.0. The summed E-state index contributed by atoms with van der Waals surface area (Å²) in [4.78, 5) is 2.07. The summed E-state index contributed by atoms with van der Waals surface area (Å²) in [6, 6.07) is 5.67. The van der Waals surface area contributed by atoms with Gasteiger partial charge in [-0.15, -0.1) is 0 Å². The van der Waals surface area contributed by atoms with Crippen molar-refractivity contribution in [2.24, 2.45) is 0 Å². The standard InChI is InChI=1S/C27H50N2O9/c1-7-32-13-17-36-26(34-15-11-30-5)20-29(23-9-10-24(28)25(19-23)38-22(3)4)21-27(35-16-12-31-6)37-18-14-33-8-2/h9-10,19,22,26-27H,7-8,11-18,20-21,28H2,1-6H3. The first-order chi connectivity index (χ1) is 18.4. The minimum absolute atomic E-state index is 0.0277. The van der Waals surface area contributed by atoms with Crippen LogP contribution in [0.1, 0.15) is 27.7 Å². The highest BCUT2D eigenvalue weighted by molar-refractivity contribution is 5.62. The predicted molar refractivity (Wildman–Crippen MR) is 147 cm³/mol. The molecule has 0 spiro atoms. The average molecular weight is 547 g/mol. The molecule has 2 unspecified atom stereocenters. The Morgan fingerprint density at radius 1 is 0.711 bits per heavy atom. The first kappa shape index (κ1) is 34.3. The van der Waals surface area contributed by atoms with Gasteiger partial charge in [0.25, 0.3) is 0 Å². The zero-order valence-corrected chi connectivity index (χ0v) is 24.1. The van der Waals surface area contributed by atoms with Crippen LogP contribution < -0.4 is 15.4 Å². The average Bonchev–Trinajstić information content (AvgIpc) is 2.89. The van der Waals surface area contributed by atoms with E-state index in [-0.39, 0.29) is 6.10 Å². The molecule has 0 radical (unpaired) electrons. The molecule has 1 rings (SSSR count). The highest BCUT2D eigenvalue weighted by atomic mass is 16.7. The zero-order valence-electron chi connectivity index (χ0n) is 24.1. The molecule has 2 N–H and O–H groups in total. The van der Waals surface area contributed by atoms with Gasteiger partial charge in [-0.3, -0.25) is 0 Å². The lowest BCUT2D eigenvalue weighted by Crippen LogP contribution is -2.43. The fourth-order valence-corrected chi connectivity index (χ4v) is 3.32. The zero-order chi connectivity index (χ0) is 28.0. The Balaban J connectivity index is 3.17. The van der Waals surface area contributed by atoms with Crippen LogP contribution in [-0.2, 0) is 37.9 Å². The lowest BCUT2D eigenvalue weighted by molar-refractivity contribution is -0.161. The number of methoxy groups -OCH3 is 2. The summed E-state index contributed by atoms with van der Waals surface area (Å²) in [5.41, 5.74) is 7.61. The molecule has 0 saturated heterocycles. The van der Waals surface area contributed by atoms with E-state index < -0.39 is 12.6 Å². The molecule has 0 aromatic heterocycles. The van der Waals surface area contributed by atoms with Gasteiger partial charge in [0.05, 0.1) is 77.7 Å². The number of nitrogens with zero attached hydrogens (tertiary/aromatic N) is 1. The van der Waals surface area contributed by atoms with Crippen molar-refractivity contribution in [3.63, 3.8) is 0 Å². The minimum Gasteiger partial charge on any atom is -0.489 e. The molecule has 11 heteroatoms. The molecule has 1 aromatic carbocycles. The number of benzene rings is 1. The maximum absolute atomic E-state index is 6.19. The van der Waals surface area contributed by atoms with Crippen molar-refractivity contribution in [1.29, 1.82) is 0 Å². The van der Waals surface area contributed by atoms with Gasteiger partial charge in [0.15, 0.2) is 12.6 Å². The van der Waals surface area contributed by atoms with Crippen LogP contribution >= 0.6 is 0 Å². The van der Waals surface area contributed by atoms with Crippen LogP contribution in [0.3, 0.4) is 0 Å². The van der Waals surface area contributed by atoms with Crippen LogP contribution in [0.2, 0.25) is 0 Å². The summed E-state index contributed by atoms with van der Waals surface area (Å²) in [7, 11) is 3.26. The van der Waals surface area contributed by atoms with E-state index in [1.807, 2.05) is 45.9 Å². The summed E-state index contributed by atoms with van der Waals surface area (Å²) in [5, 5.41) is 0. The molecule has 0 saturated carbocycles. The predicted octanol–water partition coefficient (Wildman–Crippen LogP) is 2.95. The second-order valence-electron chi connectivity index (χ2n) is 8.52. The maximum atomic E-state index is 6.19. The third-order valence-corrected chi connectivity index (χ3v) is 5.12. The quantitative estimate of drug-likeness (QED) is 0.111. The summed E-state index contributed by atoms with van der Waals surface area (Å²) < 4.78 is 51.2. The van der Waals surface area contributed by atoms with Crippen LogP contribution in [0.15, 0.2) is 18.2 Å². The third kappa shape index (κ3) is 15.6. The molecule has 38 heavy (non-hydrogen) atoms. The van der Waals surface area contributed by atoms with E-state index in [0.29, 0.717) is 90.6 Å². The summed E-state index contributed by atoms with van der Waals surface area (Å²) in [6.07, 6.45) is -1.14. The summed E-state index contributed by atoms with van der Waals surface area (Å²) in [6.45, 7) is 13.2. The van der Waals surface area contributed by atoms with E-state index >= 15 is 0 Å². The molecule has 0 fully saturated rings. The van der Waals surface area contributed by atoms with Crippen LogP contribution in [0.25, 0.3) is 0 Å². The topological polar surface area (TPSA) is 112 Å². The van der Waals surface area contributed by atoms with Gasteiger partial charge in [-0.2, -0.15) is 0 Å². The lowest BCUT2D eigenvalue weighted by Gasteiger charge is -2.33. The van der Waals surface area contributed by atoms with E-state index in [2.05, 4.69) is 4.90 Å². The van der Waals surface area contributed by atoms with Crippen LogP contribution in [0, 0.1) is 0 Å². The van der Waals surface area contributed by atoms with Crippen molar-refractivity contribution >= 4 is 11.4 Å². The number of ether oxygens (including phenoxy) is 9. The van der Waals surface area contributed by atoms with Crippen LogP contribution in [0.5, 0.6) is 5.75 Å². The normalized spacial score (nSPS) is 13.1. The van der Waals surface area contributed by atoms with E-state index in [9.17, 15) is 0 Å². The second kappa shape index (κ2) is 22.2. The Bertz CT molecular complexity index is 669. The van der Waals surface area contributed by atoms with Gasteiger partial charge in [0.1, 0.15) is 5.75 Å². The van der Waals surface area contributed by atoms with Crippen molar-refractivity contribution in [3.05, 3.63) is 18.2 Å². The molecular formula is C27H50N2O9. The Labute approximate surface area is 228 Å². The third-order valence-electron chi connectivity index (χ3n) is 5.12. The largest absolute Gasteiger partial charge is 0.489 e. The molecule has 0 amide bonds. The van der Waals surface area contributed by atoms with Gasteiger partial charge in [-0.25, -0.2) is 0 Å². The summed E-state index contributed by atoms with van der Waals surface area (Å²) >= 11 is 0. The van der Waals surface area contributed by atoms with Gasteiger partial charge >= 0.3 is 0 Å². The van der Waals surface area contributed by atoms with Gasteiger partial charge in [-0.1, -0.05) is 0 Å². The van der Waals surface area contributed by atoms with Crippen LogP contribution in [-0.4, -0.2) is 112 Å². The molecule has 1 aromatic rings. The fourth-order valence-electron chi connectivity index (χ4n) is 3.32. The van der Waals surface area contributed by atoms with Crippen molar-refractivity contribution in [1.82, 2.24) is 0 Å². The molecule has 0 aliphatic carbocycles. The number of hydrogen-bond acceptors (Lipinski definition) is 11. The second-order valence-corrected chi connectivity index (χ2v) is 8.52. The monoisotopic (exact) mass is 546 g/mol. The highest BCUT2D eigenvalue weighted by Gasteiger charge is 2.22. The fraction of sp³-hybridized carbons (Fsp3) is 0.778. The number of hydrogen-bond donors (Lipinski definition) is 1. The van der Waals surface area contributed by atoms with E-state index in [1.54, 1.807) is 14.2 Å². The summed E-state index contributed by atoms with van der Waals surface area (Å²) in [5.74, 6) is 0.603. The van der Waals surface area contributed by atoms with Crippen molar-refractivity contribution in [2.75, 3.05) is 104 Å². The Hall–Kier alpha value is -1.70. The van der Waals surface area contributed by atoms with Gasteiger partial charge in [0.2, 0.25) is 0 Å². The number of nitrogens with two attached hydrogens (primary N) is 1. The Morgan fingerprint density at radius 3 is 1.61 bits per heavy atom. The smallest absolute Gasteiger partial charge is 0.175 e. The SMILES string of the molecule is CCOCCOC(CN(CC(OCCOC)OCCOCC)c1ccc(N)c(OC(C)C)c1)OCCOC. The number of rotatable bonds is 25. The van der Waals surface area contributed by atoms with Crippen molar-refractivity contribution in [3.8, 4) is 5.75 Å². The van der Waals surface area contributed by atoms with E-state index in [1.165, 1.54) is 0 Å². The lowest BCUT2D eigenvalue weighted by atomic mass is 10.2. The molecule has 0 heterocycles. The van der Waals surface area contributed by atoms with Gasteiger partial charge in [-0.05, 0) is 39.8 Å². The van der Waals surface area contributed by atoms with E-state index in [4.69, 9.17) is 48.4 Å². The minimum atomic E-state index is -0.555. The molecular weight excluding hydrogens is 496 g/mol. The first-order valence-electron chi connectivity index (χ1n) is 13.4. The molecule has 11 nitrogen and oxygen atoms in total. The van der Waals surface area contributed by atoms with Crippen molar-refractivity contribution in [2.45, 2.75) is 46.4 Å². The van der Waals surface area contributed by atoms with Crippen LogP contribution in [0.4, 0.5) is 11.4 Å². The number of nitrogen functional groups attached to an aromatic ring is 1. The van der Waals surface area contributed by atoms with Gasteiger partial charge in [0, 0.05) is 39.2 Å². The molecule has 0 aliphatic heterocycles. The van der Waals surface area contributed by atoms with E-state index in [0.717, 1.165) is 5.69 Å². The van der Waals surface area contributed by atoms with Gasteiger partial charge < -0.3 is 53.3 Å². The highest BCUT2D eigenvalue weighted by Crippen LogP contribution is 2.29.